The number of rotatable bonds is 15. The predicted octanol–water partition coefficient (Wildman–Crippen LogP) is 31.3. The maximum atomic E-state index is 6.18. The summed E-state index contributed by atoms with van der Waals surface area (Å²) in [5.74, 6) is 12.0. The van der Waals surface area contributed by atoms with E-state index in [1.807, 2.05) is 248 Å². The molecule has 19 heteroatoms. The van der Waals surface area contributed by atoms with Gasteiger partial charge < -0.3 is 13.3 Å². The fourth-order valence-corrected chi connectivity index (χ4v) is 18.6. The lowest BCUT2D eigenvalue weighted by Gasteiger charge is -2.11. The third kappa shape index (κ3) is 18.6. The lowest BCUT2D eigenvalue weighted by molar-refractivity contribution is 0.668. The molecule has 0 spiro atoms. The van der Waals surface area contributed by atoms with Gasteiger partial charge in [-0.1, -0.05) is 373 Å². The van der Waals surface area contributed by atoms with Crippen molar-refractivity contribution in [3.63, 3.8) is 0 Å². The Hall–Kier alpha value is -17.0. The summed E-state index contributed by atoms with van der Waals surface area (Å²) < 4.78 is 20.8. The van der Waals surface area contributed by atoms with Crippen LogP contribution in [-0.4, -0.2) is 74.8 Å². The number of fused-ring (bicyclic) bond motifs is 15. The molecule has 680 valence electrons. The standard InChI is InChI=1S/C25H21N3.3C24H19N3O.C24H19N3S/c1-16(2)23-26-24(17-8-4-3-5-9-17)28-25(27-23)20-13-12-19-14-18-10-6-7-11-21(18)22(19)15-20;1-15(2)22-25-23(16-9-4-3-5-10-16)27-24(26-22)19-13-8-12-18-17-11-6-7-14-20(17)28-21(18)19;1-15(2)22-25-23(16-9-4-3-5-10-16)27-24(26-22)18-12-8-14-20-21(18)17-11-6-7-13-19(17)28-20;1-15(2)22-25-23(16-8-4-3-5-9-16)27-24(26-22)17-12-13-19-18-10-6-7-11-20(18)28-21(19)14-17;1-15(2)22-25-23(16-9-4-3-5-10-16)27-24(26-22)18-12-8-14-20-21(18)17-11-6-7-13-19(17)28-20/h3-13,15-16H,14H2,1-2H3;4*3-15H,1-2H3. The first-order valence-electron chi connectivity index (χ1n) is 47.4. The van der Waals surface area contributed by atoms with Crippen LogP contribution in [0.4, 0.5) is 0 Å². The van der Waals surface area contributed by atoms with E-state index in [0.29, 0.717) is 34.9 Å². The topological polar surface area (TPSA) is 233 Å². The molecule has 9 heterocycles. The number of hydrogen-bond donors (Lipinski definition) is 0. The molecule has 1 aliphatic rings. The Bertz CT molecular complexity index is 8450. The molecule has 0 saturated carbocycles. The van der Waals surface area contributed by atoms with Crippen molar-refractivity contribution in [3.8, 4) is 125 Å². The van der Waals surface area contributed by atoms with Gasteiger partial charge in [0.2, 0.25) is 0 Å². The monoisotopic (exact) mass is 1840 g/mol. The summed E-state index contributed by atoms with van der Waals surface area (Å²) in [6, 6.07) is 123. The summed E-state index contributed by atoms with van der Waals surface area (Å²) in [7, 11) is 0. The second-order valence-electron chi connectivity index (χ2n) is 36.2. The van der Waals surface area contributed by atoms with Gasteiger partial charge in [0.15, 0.2) is 58.2 Å². The molecule has 18 nitrogen and oxygen atoms in total. The van der Waals surface area contributed by atoms with Crippen LogP contribution in [0.3, 0.4) is 0 Å². The molecule has 15 aromatic carbocycles. The molecule has 0 radical (unpaired) electrons. The average molecular weight is 1840 g/mol. The van der Waals surface area contributed by atoms with Gasteiger partial charge in [-0.2, -0.15) is 0 Å². The number of thiophene rings is 1. The maximum Gasteiger partial charge on any atom is 0.167 e. The molecule has 0 atom stereocenters. The summed E-state index contributed by atoms with van der Waals surface area (Å²) in [6.07, 6.45) is 0.996. The maximum absolute atomic E-state index is 6.18. The highest BCUT2D eigenvalue weighted by atomic mass is 32.1. The number of furan rings is 3. The van der Waals surface area contributed by atoms with E-state index in [9.17, 15) is 0 Å². The van der Waals surface area contributed by atoms with Gasteiger partial charge in [-0.3, -0.25) is 0 Å². The molecule has 0 fully saturated rings. The zero-order valence-electron chi connectivity index (χ0n) is 79.1. The predicted molar refractivity (Wildman–Crippen MR) is 567 cm³/mol. The van der Waals surface area contributed by atoms with Crippen molar-refractivity contribution >= 4 is 97.3 Å². The van der Waals surface area contributed by atoms with Crippen LogP contribution in [-0.2, 0) is 6.42 Å². The molecular weight excluding hydrogens is 1740 g/mol. The Kier molecular flexibility index (Phi) is 25.2. The van der Waals surface area contributed by atoms with Crippen LogP contribution in [0.1, 0.15) is 139 Å². The third-order valence-electron chi connectivity index (χ3n) is 24.6. The van der Waals surface area contributed by atoms with Gasteiger partial charge in [0.1, 0.15) is 62.6 Å². The summed E-state index contributed by atoms with van der Waals surface area (Å²) in [4.78, 5) is 71.5. The Labute approximate surface area is 814 Å². The average Bonchev–Trinajstić information content (AvgIpc) is 1.57. The molecule has 0 N–H and O–H groups in total. The molecule has 1 aliphatic carbocycles. The molecule has 0 saturated heterocycles. The molecule has 24 aromatic rings. The van der Waals surface area contributed by atoms with E-state index in [4.69, 9.17) is 83.0 Å². The highest BCUT2D eigenvalue weighted by Gasteiger charge is 2.26. The summed E-state index contributed by atoms with van der Waals surface area (Å²) in [5.41, 5.74) is 20.3. The van der Waals surface area contributed by atoms with Gasteiger partial charge >= 0.3 is 0 Å². The normalized spacial score (nSPS) is 11.7. The van der Waals surface area contributed by atoms with Crippen molar-refractivity contribution in [2.24, 2.45) is 0 Å². The zero-order chi connectivity index (χ0) is 95.4. The molecule has 9 aromatic heterocycles. The van der Waals surface area contributed by atoms with Crippen LogP contribution in [0, 0.1) is 0 Å². The quantitative estimate of drug-likeness (QED) is 0.0928. The molecule has 0 unspecified atom stereocenters. The smallest absolute Gasteiger partial charge is 0.167 e. The van der Waals surface area contributed by atoms with Gasteiger partial charge in [0, 0.05) is 132 Å². The van der Waals surface area contributed by atoms with Crippen molar-refractivity contribution in [1.29, 1.82) is 0 Å². The largest absolute Gasteiger partial charge is 0.456 e. The first kappa shape index (κ1) is 89.5. The highest BCUT2D eigenvalue weighted by molar-refractivity contribution is 7.26. The van der Waals surface area contributed by atoms with Crippen LogP contribution in [0.25, 0.3) is 211 Å². The van der Waals surface area contributed by atoms with E-state index < -0.39 is 0 Å². The number of benzene rings is 15. The van der Waals surface area contributed by atoms with Crippen molar-refractivity contribution in [3.05, 3.63) is 404 Å². The Morgan fingerprint density at radius 1 is 0.193 bits per heavy atom. The SMILES string of the molecule is CC(C)c1nc(-c2ccccc2)nc(-c2ccc3c(c2)-c2ccccc2C3)n1.CC(C)c1nc(-c2ccccc2)nc(-c2ccc3c(c2)oc2ccccc23)n1.CC(C)c1nc(-c2ccccc2)nc(-c2cccc3c2oc2ccccc23)n1.CC(C)c1nc(-c2ccccc2)nc(-c2cccc3oc4ccccc4c23)n1.CC(C)c1nc(-c2ccccc2)nc(-c2cccc3sc4ccccc4c23)n1. The van der Waals surface area contributed by atoms with Gasteiger partial charge in [0.05, 0.1) is 5.56 Å². The van der Waals surface area contributed by atoms with Crippen molar-refractivity contribution in [2.45, 2.75) is 105 Å². The van der Waals surface area contributed by atoms with E-state index in [1.165, 1.54) is 42.4 Å². The van der Waals surface area contributed by atoms with Crippen LogP contribution in [0.5, 0.6) is 0 Å². The van der Waals surface area contributed by atoms with Crippen molar-refractivity contribution < 1.29 is 13.3 Å². The van der Waals surface area contributed by atoms with Crippen LogP contribution in [0.2, 0.25) is 0 Å². The first-order valence-corrected chi connectivity index (χ1v) is 48.2. The van der Waals surface area contributed by atoms with E-state index in [0.717, 1.165) is 180 Å². The van der Waals surface area contributed by atoms with E-state index >= 15 is 0 Å². The van der Waals surface area contributed by atoms with Crippen LogP contribution >= 0.6 is 11.3 Å². The molecule has 0 aliphatic heterocycles. The minimum atomic E-state index is 0.194. The lowest BCUT2D eigenvalue weighted by Crippen LogP contribution is -2.04. The van der Waals surface area contributed by atoms with E-state index in [2.05, 4.69) is 202 Å². The summed E-state index contributed by atoms with van der Waals surface area (Å²) >= 11 is 1.81. The lowest BCUT2D eigenvalue weighted by atomic mass is 10.0. The molecular formula is C121H97N15O3S. The molecule has 25 rings (SSSR count). The van der Waals surface area contributed by atoms with Gasteiger partial charge in [-0.15, -0.1) is 11.3 Å². The third-order valence-corrected chi connectivity index (χ3v) is 25.8. The number of para-hydroxylation sites is 4. The Morgan fingerprint density at radius 2 is 0.500 bits per heavy atom. The zero-order valence-corrected chi connectivity index (χ0v) is 79.9. The molecule has 140 heavy (non-hydrogen) atoms. The van der Waals surface area contributed by atoms with Crippen LogP contribution < -0.4 is 0 Å². The fraction of sp³-hybridized carbons (Fsp3) is 0.132. The molecule has 0 bridgehead atoms. The Morgan fingerprint density at radius 3 is 0.993 bits per heavy atom. The fourth-order valence-electron chi connectivity index (χ4n) is 17.4. The second-order valence-corrected chi connectivity index (χ2v) is 37.2. The highest BCUT2D eigenvalue weighted by Crippen LogP contribution is 2.44. The second kappa shape index (κ2) is 39.4. The summed E-state index contributed by atoms with van der Waals surface area (Å²) in [5, 5.41) is 8.97. The number of nitrogens with zero attached hydrogens (tertiary/aromatic N) is 15. The minimum absolute atomic E-state index is 0.194. The molecule has 0 amide bonds. The van der Waals surface area contributed by atoms with Crippen molar-refractivity contribution in [2.75, 3.05) is 0 Å². The first-order chi connectivity index (χ1) is 68.5. The Balaban J connectivity index is 0.000000104. The van der Waals surface area contributed by atoms with Crippen LogP contribution in [0.15, 0.2) is 377 Å². The van der Waals surface area contributed by atoms with E-state index in [1.54, 1.807) is 0 Å². The summed E-state index contributed by atoms with van der Waals surface area (Å²) in [6.45, 7) is 21.0. The number of hydrogen-bond acceptors (Lipinski definition) is 19. The van der Waals surface area contributed by atoms with Gasteiger partial charge in [-0.25, -0.2) is 74.8 Å². The van der Waals surface area contributed by atoms with Crippen molar-refractivity contribution in [1.82, 2.24) is 74.8 Å². The number of aromatic nitrogens is 15. The van der Waals surface area contributed by atoms with Gasteiger partial charge in [0.25, 0.3) is 0 Å². The van der Waals surface area contributed by atoms with Gasteiger partial charge in [-0.05, 0) is 89.3 Å². The minimum Gasteiger partial charge on any atom is -0.456 e. The van der Waals surface area contributed by atoms with E-state index in [-0.39, 0.29) is 29.6 Å².